The molecule has 0 atom stereocenters. The number of hydrogen-bond acceptors (Lipinski definition) is 3. The number of aromatic nitrogens is 1. The Balaban J connectivity index is 1.59. The monoisotopic (exact) mass is 355 g/mol. The van der Waals surface area contributed by atoms with Crippen LogP contribution in [-0.4, -0.2) is 10.9 Å². The fourth-order valence-corrected chi connectivity index (χ4v) is 2.97. The van der Waals surface area contributed by atoms with Crippen molar-refractivity contribution >= 4 is 17.0 Å². The van der Waals surface area contributed by atoms with Crippen molar-refractivity contribution in [2.24, 2.45) is 0 Å². The predicted molar refractivity (Wildman–Crippen MR) is 105 cm³/mol. The number of anilines is 1. The number of nitrogens with zero attached hydrogens (tertiary/aromatic N) is 2. The Morgan fingerprint density at radius 1 is 0.815 bits per heavy atom. The van der Waals surface area contributed by atoms with Crippen molar-refractivity contribution < 1.29 is 14.1 Å². The smallest absolute Gasteiger partial charge is 0.210 e. The van der Waals surface area contributed by atoms with Gasteiger partial charge in [0.1, 0.15) is 0 Å². The van der Waals surface area contributed by atoms with E-state index in [1.807, 2.05) is 70.4 Å². The van der Waals surface area contributed by atoms with Gasteiger partial charge >= 0.3 is 0 Å². The Morgan fingerprint density at radius 2 is 1.44 bits per heavy atom. The Hall–Kier alpha value is -3.50. The summed E-state index contributed by atoms with van der Waals surface area (Å²) in [5.41, 5.74) is 4.03. The molecule has 1 aromatic carbocycles. The standard InChI is InChI=1S/C23H19N2O2/c26-17-18-1-3-21(4-2-18)24-13-9-19(10-14-24)20-11-15-25(16-12-20)22-5-7-23(27)8-6-22/h1-16,26H,17H2/q+1. The molecule has 0 saturated carbocycles. The average molecular weight is 355 g/mol. The minimum atomic E-state index is 0.0135. The lowest BCUT2D eigenvalue weighted by Gasteiger charge is -2.19. The maximum Gasteiger partial charge on any atom is 0.210 e. The van der Waals surface area contributed by atoms with E-state index in [0.717, 1.165) is 27.8 Å². The highest BCUT2D eigenvalue weighted by Gasteiger charge is 2.07. The summed E-state index contributed by atoms with van der Waals surface area (Å²) in [5, 5.41) is 10.3. The minimum absolute atomic E-state index is 0.0135. The van der Waals surface area contributed by atoms with Crippen LogP contribution in [0.2, 0.25) is 0 Å². The van der Waals surface area contributed by atoms with E-state index in [-0.39, 0.29) is 12.4 Å². The number of pyridine rings is 1. The van der Waals surface area contributed by atoms with Gasteiger partial charge in [-0.3, -0.25) is 4.79 Å². The van der Waals surface area contributed by atoms with Crippen LogP contribution in [0.3, 0.4) is 0 Å². The van der Waals surface area contributed by atoms with E-state index in [0.29, 0.717) is 0 Å². The molecule has 27 heavy (non-hydrogen) atoms. The van der Waals surface area contributed by atoms with Crippen molar-refractivity contribution in [2.45, 2.75) is 6.61 Å². The molecule has 132 valence electrons. The third-order valence-electron chi connectivity index (χ3n) is 4.54. The molecule has 2 heterocycles. The Morgan fingerprint density at radius 3 is 2.04 bits per heavy atom. The van der Waals surface area contributed by atoms with Gasteiger partial charge in [0.25, 0.3) is 0 Å². The van der Waals surface area contributed by atoms with Gasteiger partial charge in [0.05, 0.1) is 6.61 Å². The molecule has 0 radical (unpaired) electrons. The van der Waals surface area contributed by atoms with Crippen molar-refractivity contribution in [1.82, 2.24) is 0 Å². The maximum atomic E-state index is 11.2. The van der Waals surface area contributed by atoms with Crippen LogP contribution in [-0.2, 0) is 11.4 Å². The number of carbonyl (C=O) groups is 1. The zero-order chi connectivity index (χ0) is 18.6. The van der Waals surface area contributed by atoms with E-state index in [9.17, 15) is 4.79 Å². The number of rotatable bonds is 2. The summed E-state index contributed by atoms with van der Waals surface area (Å²) >= 11 is 0. The van der Waals surface area contributed by atoms with Gasteiger partial charge in [-0.25, -0.2) is 0 Å². The largest absolute Gasteiger partial charge is 0.392 e. The highest BCUT2D eigenvalue weighted by molar-refractivity contribution is 6.00. The molecule has 1 aliphatic heterocycles. The number of hydrogen-bond donors (Lipinski definition) is 1. The molecule has 1 aliphatic carbocycles. The van der Waals surface area contributed by atoms with E-state index in [1.54, 1.807) is 12.2 Å². The molecule has 0 fully saturated rings. The summed E-state index contributed by atoms with van der Waals surface area (Å²) in [6.45, 7) is 0.0545. The van der Waals surface area contributed by atoms with Gasteiger partial charge < -0.3 is 10.0 Å². The fourth-order valence-electron chi connectivity index (χ4n) is 2.97. The van der Waals surface area contributed by atoms with E-state index in [2.05, 4.69) is 24.3 Å². The predicted octanol–water partition coefficient (Wildman–Crippen LogP) is 2.24. The SMILES string of the molecule is O=C1C=CC(=[n+]2ccc(=C3C=CN(c4ccc(CO)cc4)C=C3)cc2)C=C1. The van der Waals surface area contributed by atoms with Gasteiger partial charge in [0.2, 0.25) is 5.71 Å². The molecule has 1 N–H and O–H groups in total. The molecule has 0 spiro atoms. The maximum absolute atomic E-state index is 11.2. The molecule has 0 bridgehead atoms. The summed E-state index contributed by atoms with van der Waals surface area (Å²) in [5.74, 6) is 0.0135. The van der Waals surface area contributed by atoms with Crippen molar-refractivity contribution in [1.29, 1.82) is 0 Å². The van der Waals surface area contributed by atoms with Gasteiger partial charge in [-0.15, -0.1) is 0 Å². The third kappa shape index (κ3) is 3.71. The van der Waals surface area contributed by atoms with Gasteiger partial charge in [0, 0.05) is 42.4 Å². The molecule has 0 unspecified atom stereocenters. The summed E-state index contributed by atoms with van der Waals surface area (Å²) < 4.78 is 1.98. The van der Waals surface area contributed by atoms with Crippen molar-refractivity contribution in [3.05, 3.63) is 114 Å². The normalized spacial score (nSPS) is 15.7. The second-order valence-corrected chi connectivity index (χ2v) is 6.31. The molecule has 2 aliphatic rings. The van der Waals surface area contributed by atoms with E-state index in [4.69, 9.17) is 5.11 Å². The van der Waals surface area contributed by atoms with E-state index >= 15 is 0 Å². The third-order valence-corrected chi connectivity index (χ3v) is 4.54. The fraction of sp³-hybridized carbons (Fsp3) is 0.0435. The molecule has 0 amide bonds. The topological polar surface area (TPSA) is 46.4 Å². The van der Waals surface area contributed by atoms with Crippen LogP contribution in [0.4, 0.5) is 5.69 Å². The van der Waals surface area contributed by atoms with Gasteiger partial charge in [-0.1, -0.05) is 12.1 Å². The number of allylic oxidation sites excluding steroid dienone is 6. The number of aliphatic hydroxyl groups excluding tert-OH is 1. The Bertz CT molecular complexity index is 1060. The average Bonchev–Trinajstić information content (AvgIpc) is 2.75. The molecule has 4 rings (SSSR count). The summed E-state index contributed by atoms with van der Waals surface area (Å²) in [7, 11) is 0. The second-order valence-electron chi connectivity index (χ2n) is 6.31. The zero-order valence-electron chi connectivity index (χ0n) is 14.7. The van der Waals surface area contributed by atoms with Crippen LogP contribution in [0.5, 0.6) is 0 Å². The summed E-state index contributed by atoms with van der Waals surface area (Å²) in [6, 6.07) is 11.9. The Kier molecular flexibility index (Phi) is 4.64. The lowest BCUT2D eigenvalue weighted by molar-refractivity contribution is -0.516. The first kappa shape index (κ1) is 16.9. The quantitative estimate of drug-likeness (QED) is 0.841. The van der Waals surface area contributed by atoms with Crippen molar-refractivity contribution in [2.75, 3.05) is 4.90 Å². The van der Waals surface area contributed by atoms with Gasteiger partial charge in [0.15, 0.2) is 18.2 Å². The summed E-state index contributed by atoms with van der Waals surface area (Å²) in [4.78, 5) is 13.3. The molecular formula is C23H19N2O2+. The van der Waals surface area contributed by atoms with Gasteiger partial charge in [-0.05, 0) is 52.8 Å². The van der Waals surface area contributed by atoms with E-state index in [1.165, 1.54) is 0 Å². The second kappa shape index (κ2) is 7.40. The van der Waals surface area contributed by atoms with Crippen LogP contribution in [0.25, 0.3) is 5.57 Å². The number of carbonyl (C=O) groups excluding carboxylic acids is 1. The highest BCUT2D eigenvalue weighted by atomic mass is 16.3. The molecule has 0 saturated heterocycles. The first-order valence-electron chi connectivity index (χ1n) is 8.73. The lowest BCUT2D eigenvalue weighted by Crippen LogP contribution is -2.24. The van der Waals surface area contributed by atoms with Crippen LogP contribution >= 0.6 is 0 Å². The first-order valence-corrected chi connectivity index (χ1v) is 8.73. The Labute approximate surface area is 157 Å². The van der Waals surface area contributed by atoms with E-state index < -0.39 is 0 Å². The number of aliphatic hydroxyl groups is 1. The molecule has 4 heteroatoms. The van der Waals surface area contributed by atoms with Crippen LogP contribution < -0.4 is 14.4 Å². The number of benzene rings is 1. The lowest BCUT2D eigenvalue weighted by atomic mass is 10.1. The molecule has 4 nitrogen and oxygen atoms in total. The van der Waals surface area contributed by atoms with Crippen LogP contribution in [0.15, 0.2) is 97.6 Å². The molecular weight excluding hydrogens is 336 g/mol. The van der Waals surface area contributed by atoms with Crippen LogP contribution in [0, 0.1) is 5.71 Å². The van der Waals surface area contributed by atoms with Crippen molar-refractivity contribution in [3.8, 4) is 0 Å². The highest BCUT2D eigenvalue weighted by Crippen LogP contribution is 2.20. The summed E-state index contributed by atoms with van der Waals surface area (Å²) in [6.07, 6.45) is 18.9. The first-order chi connectivity index (χ1) is 13.2. The van der Waals surface area contributed by atoms with Crippen LogP contribution in [0.1, 0.15) is 5.56 Å². The molecule has 2 aromatic rings. The van der Waals surface area contributed by atoms with Crippen molar-refractivity contribution in [3.63, 3.8) is 0 Å². The number of ketones is 1. The molecule has 1 aromatic heterocycles. The minimum Gasteiger partial charge on any atom is -0.392 e. The van der Waals surface area contributed by atoms with Gasteiger partial charge in [-0.2, -0.15) is 4.24 Å². The zero-order valence-corrected chi connectivity index (χ0v) is 14.7.